The van der Waals surface area contributed by atoms with E-state index in [1.807, 2.05) is 36.4 Å². The van der Waals surface area contributed by atoms with Crippen LogP contribution in [0.25, 0.3) is 0 Å². The normalized spacial score (nSPS) is 21.6. The minimum absolute atomic E-state index is 0.210. The van der Waals surface area contributed by atoms with Crippen LogP contribution in [0.5, 0.6) is 0 Å². The van der Waals surface area contributed by atoms with E-state index < -0.39 is 0 Å². The van der Waals surface area contributed by atoms with Crippen molar-refractivity contribution in [1.82, 2.24) is 5.32 Å². The molecule has 1 saturated heterocycles. The summed E-state index contributed by atoms with van der Waals surface area (Å²) in [6.45, 7) is 2.02. The predicted molar refractivity (Wildman–Crippen MR) is 82.0 cm³/mol. The Labute approximate surface area is 128 Å². The van der Waals surface area contributed by atoms with Crippen LogP contribution in [0, 0.1) is 5.82 Å². The molecule has 110 valence electrons. The fraction of sp³-hybridized carbons (Fsp3) is 0.294. The standard InChI is InChI=1S/C17H17ClFNO/c18-16-4-2-1-3-13(16)9-20-17-11-21-10-15(17)12-5-7-14(19)8-6-12/h1-8,15,17,20H,9-11H2/t15-,17+/m0/s1. The highest BCUT2D eigenvalue weighted by Crippen LogP contribution is 2.26. The maximum Gasteiger partial charge on any atom is 0.123 e. The van der Waals surface area contributed by atoms with Crippen molar-refractivity contribution in [1.29, 1.82) is 0 Å². The third kappa shape index (κ3) is 3.43. The van der Waals surface area contributed by atoms with Gasteiger partial charge in [-0.15, -0.1) is 0 Å². The summed E-state index contributed by atoms with van der Waals surface area (Å²) < 4.78 is 18.6. The molecule has 1 aliphatic rings. The van der Waals surface area contributed by atoms with Crippen molar-refractivity contribution in [2.45, 2.75) is 18.5 Å². The number of hydrogen-bond acceptors (Lipinski definition) is 2. The Morgan fingerprint density at radius 3 is 2.62 bits per heavy atom. The van der Waals surface area contributed by atoms with Gasteiger partial charge in [0.05, 0.1) is 13.2 Å². The van der Waals surface area contributed by atoms with Gasteiger partial charge in [-0.05, 0) is 29.3 Å². The molecule has 2 aromatic rings. The van der Waals surface area contributed by atoms with E-state index in [4.69, 9.17) is 16.3 Å². The van der Waals surface area contributed by atoms with E-state index in [0.29, 0.717) is 19.8 Å². The van der Waals surface area contributed by atoms with Crippen molar-refractivity contribution in [3.8, 4) is 0 Å². The van der Waals surface area contributed by atoms with Crippen LogP contribution in [-0.2, 0) is 11.3 Å². The van der Waals surface area contributed by atoms with Gasteiger partial charge in [0.25, 0.3) is 0 Å². The van der Waals surface area contributed by atoms with Crippen molar-refractivity contribution < 1.29 is 9.13 Å². The number of hydrogen-bond donors (Lipinski definition) is 1. The van der Waals surface area contributed by atoms with E-state index in [2.05, 4.69) is 5.32 Å². The summed E-state index contributed by atoms with van der Waals surface area (Å²) in [6.07, 6.45) is 0. The van der Waals surface area contributed by atoms with Crippen LogP contribution in [0.1, 0.15) is 17.0 Å². The first kappa shape index (κ1) is 14.5. The number of halogens is 2. The molecular weight excluding hydrogens is 289 g/mol. The van der Waals surface area contributed by atoms with Gasteiger partial charge in [-0.1, -0.05) is 41.9 Å². The molecule has 2 atom stereocenters. The van der Waals surface area contributed by atoms with E-state index in [1.165, 1.54) is 12.1 Å². The Hall–Kier alpha value is -1.42. The Bertz CT molecular complexity index is 602. The molecule has 0 saturated carbocycles. The van der Waals surface area contributed by atoms with Crippen molar-refractivity contribution in [3.05, 3.63) is 70.5 Å². The molecule has 2 aromatic carbocycles. The minimum Gasteiger partial charge on any atom is -0.379 e. The minimum atomic E-state index is -0.210. The highest BCUT2D eigenvalue weighted by atomic mass is 35.5. The van der Waals surface area contributed by atoms with Gasteiger partial charge in [-0.3, -0.25) is 0 Å². The average Bonchev–Trinajstić information content (AvgIpc) is 2.96. The lowest BCUT2D eigenvalue weighted by atomic mass is 9.94. The van der Waals surface area contributed by atoms with Gasteiger partial charge in [0.15, 0.2) is 0 Å². The Balaban J connectivity index is 1.67. The summed E-state index contributed by atoms with van der Waals surface area (Å²) in [5.41, 5.74) is 2.18. The van der Waals surface area contributed by atoms with E-state index in [9.17, 15) is 4.39 Å². The quantitative estimate of drug-likeness (QED) is 0.929. The first-order valence-corrected chi connectivity index (χ1v) is 7.42. The van der Waals surface area contributed by atoms with Crippen LogP contribution < -0.4 is 5.32 Å². The predicted octanol–water partition coefficient (Wildman–Crippen LogP) is 3.75. The second kappa shape index (κ2) is 6.56. The fourth-order valence-corrected chi connectivity index (χ4v) is 2.88. The topological polar surface area (TPSA) is 21.3 Å². The Kier molecular flexibility index (Phi) is 4.54. The summed E-state index contributed by atoms with van der Waals surface area (Å²) in [4.78, 5) is 0. The largest absolute Gasteiger partial charge is 0.379 e. The summed E-state index contributed by atoms with van der Waals surface area (Å²) >= 11 is 6.17. The molecule has 1 fully saturated rings. The molecule has 0 aromatic heterocycles. The molecular formula is C17H17ClFNO. The van der Waals surface area contributed by atoms with Gasteiger partial charge in [0.2, 0.25) is 0 Å². The lowest BCUT2D eigenvalue weighted by molar-refractivity contribution is 0.187. The van der Waals surface area contributed by atoms with Gasteiger partial charge in [0, 0.05) is 23.5 Å². The molecule has 0 spiro atoms. The maximum absolute atomic E-state index is 13.0. The molecule has 4 heteroatoms. The first-order chi connectivity index (χ1) is 10.2. The van der Waals surface area contributed by atoms with E-state index in [0.717, 1.165) is 16.1 Å². The number of rotatable bonds is 4. The highest BCUT2D eigenvalue weighted by molar-refractivity contribution is 6.31. The molecule has 1 aliphatic heterocycles. The lowest BCUT2D eigenvalue weighted by Gasteiger charge is -2.20. The highest BCUT2D eigenvalue weighted by Gasteiger charge is 2.29. The molecule has 1 N–H and O–H groups in total. The first-order valence-electron chi connectivity index (χ1n) is 7.04. The number of nitrogens with one attached hydrogen (secondary N) is 1. The van der Waals surface area contributed by atoms with Gasteiger partial charge in [0.1, 0.15) is 5.82 Å². The second-order valence-corrected chi connectivity index (χ2v) is 5.68. The Morgan fingerprint density at radius 1 is 1.10 bits per heavy atom. The number of benzene rings is 2. The molecule has 2 nitrogen and oxygen atoms in total. The third-order valence-corrected chi connectivity index (χ3v) is 4.26. The second-order valence-electron chi connectivity index (χ2n) is 5.27. The lowest BCUT2D eigenvalue weighted by Crippen LogP contribution is -2.34. The molecule has 0 radical (unpaired) electrons. The molecule has 3 rings (SSSR count). The van der Waals surface area contributed by atoms with E-state index in [-0.39, 0.29) is 17.8 Å². The summed E-state index contributed by atoms with van der Waals surface area (Å²) in [7, 11) is 0. The number of ether oxygens (including phenoxy) is 1. The van der Waals surface area contributed by atoms with E-state index >= 15 is 0 Å². The zero-order valence-electron chi connectivity index (χ0n) is 11.6. The fourth-order valence-electron chi connectivity index (χ4n) is 2.68. The molecule has 0 bridgehead atoms. The average molecular weight is 306 g/mol. The summed E-state index contributed by atoms with van der Waals surface area (Å²) in [5, 5.41) is 4.26. The van der Waals surface area contributed by atoms with Crippen LogP contribution in [0.3, 0.4) is 0 Å². The van der Waals surface area contributed by atoms with Gasteiger partial charge >= 0.3 is 0 Å². The van der Waals surface area contributed by atoms with Crippen LogP contribution >= 0.6 is 11.6 Å². The van der Waals surface area contributed by atoms with E-state index in [1.54, 1.807) is 0 Å². The van der Waals surface area contributed by atoms with Crippen molar-refractivity contribution in [2.24, 2.45) is 0 Å². The van der Waals surface area contributed by atoms with Crippen molar-refractivity contribution in [3.63, 3.8) is 0 Å². The SMILES string of the molecule is Fc1ccc([C@@H]2COC[C@H]2NCc2ccccc2Cl)cc1. The van der Waals surface area contributed by atoms with Crippen LogP contribution in [-0.4, -0.2) is 19.3 Å². The van der Waals surface area contributed by atoms with Crippen LogP contribution in [0.4, 0.5) is 4.39 Å². The summed E-state index contributed by atoms with van der Waals surface area (Å²) in [5.74, 6) is 0.0336. The summed E-state index contributed by atoms with van der Waals surface area (Å²) in [6, 6.07) is 14.7. The van der Waals surface area contributed by atoms with Crippen molar-refractivity contribution >= 4 is 11.6 Å². The smallest absolute Gasteiger partial charge is 0.123 e. The monoisotopic (exact) mass is 305 g/mol. The molecule has 1 heterocycles. The maximum atomic E-state index is 13.0. The third-order valence-electron chi connectivity index (χ3n) is 3.89. The zero-order chi connectivity index (χ0) is 14.7. The molecule has 0 unspecified atom stereocenters. The molecule has 0 aliphatic carbocycles. The van der Waals surface area contributed by atoms with Gasteiger partial charge < -0.3 is 10.1 Å². The van der Waals surface area contributed by atoms with Gasteiger partial charge in [-0.2, -0.15) is 0 Å². The van der Waals surface area contributed by atoms with Crippen LogP contribution in [0.2, 0.25) is 5.02 Å². The van der Waals surface area contributed by atoms with Gasteiger partial charge in [-0.25, -0.2) is 4.39 Å². The van der Waals surface area contributed by atoms with Crippen LogP contribution in [0.15, 0.2) is 48.5 Å². The molecule has 21 heavy (non-hydrogen) atoms. The van der Waals surface area contributed by atoms with Crippen molar-refractivity contribution in [2.75, 3.05) is 13.2 Å². The zero-order valence-corrected chi connectivity index (χ0v) is 12.3. The Morgan fingerprint density at radius 2 is 1.86 bits per heavy atom. The molecule has 0 amide bonds.